The van der Waals surface area contributed by atoms with Crippen LogP contribution in [0.4, 0.5) is 5.69 Å². The molecule has 18 heavy (non-hydrogen) atoms. The predicted molar refractivity (Wildman–Crippen MR) is 70.6 cm³/mol. The summed E-state index contributed by atoms with van der Waals surface area (Å²) in [6.45, 7) is 9.36. The number of phenolic OH excluding ortho intramolecular Hbond substituents is 1. The molecular formula is C14H17NO3. The number of ether oxygens (including phenoxy) is 1. The van der Waals surface area contributed by atoms with Gasteiger partial charge in [0.2, 0.25) is 0 Å². The molecule has 0 fully saturated rings. The molecule has 1 aliphatic rings. The van der Waals surface area contributed by atoms with Gasteiger partial charge in [-0.3, -0.25) is 0 Å². The molecule has 1 aliphatic heterocycles. The van der Waals surface area contributed by atoms with Crippen LogP contribution in [-0.2, 0) is 6.42 Å². The van der Waals surface area contributed by atoms with Crippen molar-refractivity contribution in [3.63, 3.8) is 0 Å². The molecule has 1 aromatic carbocycles. The van der Waals surface area contributed by atoms with Crippen LogP contribution in [0, 0.1) is 18.8 Å². The standard InChI is InChI=1S/C14H17NO3/c1-5-14(4)7-6-10-11(15-17)12(16)8(2)9(3)13(10)18-14/h5,16H,1,6-7H2,2-4H3. The Labute approximate surface area is 106 Å². The molecule has 4 heteroatoms. The Balaban J connectivity index is 2.68. The molecule has 0 bridgehead atoms. The topological polar surface area (TPSA) is 58.9 Å². The summed E-state index contributed by atoms with van der Waals surface area (Å²) in [5.74, 6) is 0.626. The third-order valence-electron chi connectivity index (χ3n) is 3.77. The van der Waals surface area contributed by atoms with Crippen molar-refractivity contribution in [1.82, 2.24) is 0 Å². The van der Waals surface area contributed by atoms with E-state index in [4.69, 9.17) is 4.74 Å². The third-order valence-corrected chi connectivity index (χ3v) is 3.77. The monoisotopic (exact) mass is 247 g/mol. The van der Waals surface area contributed by atoms with Crippen LogP contribution in [0.2, 0.25) is 0 Å². The van der Waals surface area contributed by atoms with Crippen molar-refractivity contribution >= 4 is 5.69 Å². The second-order valence-corrected chi connectivity index (χ2v) is 4.97. The molecule has 1 atom stereocenters. The molecule has 4 nitrogen and oxygen atoms in total. The summed E-state index contributed by atoms with van der Waals surface area (Å²) in [7, 11) is 0. The van der Waals surface area contributed by atoms with Crippen LogP contribution in [-0.4, -0.2) is 10.7 Å². The molecule has 1 N–H and O–H groups in total. The quantitative estimate of drug-likeness (QED) is 0.640. The number of aromatic hydroxyl groups is 1. The Morgan fingerprint density at radius 3 is 2.67 bits per heavy atom. The highest BCUT2D eigenvalue weighted by atomic mass is 16.5. The van der Waals surface area contributed by atoms with Gasteiger partial charge in [-0.05, 0) is 56.0 Å². The number of nitroso groups, excluding NO2 is 1. The molecular weight excluding hydrogens is 230 g/mol. The van der Waals surface area contributed by atoms with E-state index < -0.39 is 5.60 Å². The maximum absolute atomic E-state index is 10.9. The number of phenols is 1. The molecule has 0 saturated carbocycles. The van der Waals surface area contributed by atoms with E-state index >= 15 is 0 Å². The fourth-order valence-corrected chi connectivity index (χ4v) is 2.27. The zero-order valence-corrected chi connectivity index (χ0v) is 10.9. The third kappa shape index (κ3) is 1.68. The highest BCUT2D eigenvalue weighted by Crippen LogP contribution is 2.47. The Morgan fingerprint density at radius 2 is 2.11 bits per heavy atom. The first-order chi connectivity index (χ1) is 8.43. The van der Waals surface area contributed by atoms with E-state index in [1.54, 1.807) is 13.0 Å². The van der Waals surface area contributed by atoms with Crippen molar-refractivity contribution < 1.29 is 9.84 Å². The van der Waals surface area contributed by atoms with Gasteiger partial charge >= 0.3 is 0 Å². The highest BCUT2D eigenvalue weighted by molar-refractivity contribution is 5.69. The SMILES string of the molecule is C=CC1(C)CCc2c(N=O)c(O)c(C)c(C)c2O1. The summed E-state index contributed by atoms with van der Waals surface area (Å²) in [5, 5.41) is 12.9. The number of rotatable bonds is 2. The van der Waals surface area contributed by atoms with Crippen LogP contribution in [0.25, 0.3) is 0 Å². The van der Waals surface area contributed by atoms with Gasteiger partial charge in [0.15, 0.2) is 5.69 Å². The lowest BCUT2D eigenvalue weighted by Gasteiger charge is -2.35. The number of benzene rings is 1. The predicted octanol–water partition coefficient (Wildman–Crippen LogP) is 3.68. The Bertz CT molecular complexity index is 537. The molecule has 0 aliphatic carbocycles. The average Bonchev–Trinajstić information content (AvgIpc) is 2.38. The van der Waals surface area contributed by atoms with Crippen LogP contribution in [0.15, 0.2) is 17.8 Å². The van der Waals surface area contributed by atoms with Crippen LogP contribution in [0.1, 0.15) is 30.0 Å². The normalized spacial score (nSPS) is 21.9. The number of hydrogen-bond acceptors (Lipinski definition) is 4. The van der Waals surface area contributed by atoms with Crippen molar-refractivity contribution in [2.24, 2.45) is 5.18 Å². The smallest absolute Gasteiger partial charge is 0.156 e. The van der Waals surface area contributed by atoms with E-state index in [2.05, 4.69) is 11.8 Å². The van der Waals surface area contributed by atoms with Crippen LogP contribution in [0.5, 0.6) is 11.5 Å². The summed E-state index contributed by atoms with van der Waals surface area (Å²) >= 11 is 0. The Morgan fingerprint density at radius 1 is 1.44 bits per heavy atom. The van der Waals surface area contributed by atoms with Crippen molar-refractivity contribution in [2.45, 2.75) is 39.2 Å². The van der Waals surface area contributed by atoms with Gasteiger partial charge in [-0.25, -0.2) is 0 Å². The highest BCUT2D eigenvalue weighted by Gasteiger charge is 2.33. The summed E-state index contributed by atoms with van der Waals surface area (Å²) in [6, 6.07) is 0. The van der Waals surface area contributed by atoms with Gasteiger partial charge in [-0.1, -0.05) is 6.58 Å². The van der Waals surface area contributed by atoms with Crippen molar-refractivity contribution in [3.8, 4) is 11.5 Å². The molecule has 0 aromatic heterocycles. The molecule has 0 saturated heterocycles. The van der Waals surface area contributed by atoms with Crippen molar-refractivity contribution in [3.05, 3.63) is 34.3 Å². The van der Waals surface area contributed by atoms with Gasteiger partial charge < -0.3 is 9.84 Å². The van der Waals surface area contributed by atoms with Crippen molar-refractivity contribution in [1.29, 1.82) is 0 Å². The van der Waals surface area contributed by atoms with Gasteiger partial charge in [0.05, 0.1) is 0 Å². The lowest BCUT2D eigenvalue weighted by atomic mass is 9.89. The van der Waals surface area contributed by atoms with Gasteiger partial charge in [-0.2, -0.15) is 0 Å². The second kappa shape index (κ2) is 4.12. The minimum absolute atomic E-state index is 0.0351. The fraction of sp³-hybridized carbons (Fsp3) is 0.429. The number of fused-ring (bicyclic) bond motifs is 1. The van der Waals surface area contributed by atoms with Gasteiger partial charge in [0.25, 0.3) is 0 Å². The summed E-state index contributed by atoms with van der Waals surface area (Å²) in [5.41, 5.74) is 1.87. The lowest BCUT2D eigenvalue weighted by molar-refractivity contribution is 0.113. The molecule has 1 unspecified atom stereocenters. The first-order valence-electron chi connectivity index (χ1n) is 5.94. The summed E-state index contributed by atoms with van der Waals surface area (Å²) in [4.78, 5) is 10.9. The second-order valence-electron chi connectivity index (χ2n) is 4.97. The van der Waals surface area contributed by atoms with E-state index in [1.807, 2.05) is 13.8 Å². The minimum Gasteiger partial charge on any atom is -0.505 e. The fourth-order valence-electron chi connectivity index (χ4n) is 2.27. The lowest BCUT2D eigenvalue weighted by Crippen LogP contribution is -2.34. The largest absolute Gasteiger partial charge is 0.505 e. The maximum Gasteiger partial charge on any atom is 0.156 e. The summed E-state index contributed by atoms with van der Waals surface area (Å²) in [6.07, 6.45) is 3.13. The van der Waals surface area contributed by atoms with Crippen molar-refractivity contribution in [2.75, 3.05) is 0 Å². The van der Waals surface area contributed by atoms with E-state index in [0.717, 1.165) is 5.56 Å². The van der Waals surface area contributed by atoms with Crippen LogP contribution < -0.4 is 4.74 Å². The van der Waals surface area contributed by atoms with Gasteiger partial charge in [0.1, 0.15) is 17.1 Å². The average molecular weight is 247 g/mol. The molecule has 2 rings (SSSR count). The zero-order valence-electron chi connectivity index (χ0n) is 10.9. The minimum atomic E-state index is -0.429. The maximum atomic E-state index is 10.9. The van der Waals surface area contributed by atoms with E-state index in [1.165, 1.54) is 0 Å². The van der Waals surface area contributed by atoms with E-state index in [-0.39, 0.29) is 11.4 Å². The summed E-state index contributed by atoms with van der Waals surface area (Å²) < 4.78 is 5.95. The first kappa shape index (κ1) is 12.6. The zero-order chi connectivity index (χ0) is 13.5. The van der Waals surface area contributed by atoms with E-state index in [9.17, 15) is 10.0 Å². The molecule has 0 amide bonds. The molecule has 1 aromatic rings. The van der Waals surface area contributed by atoms with Crippen LogP contribution in [0.3, 0.4) is 0 Å². The number of nitrogens with zero attached hydrogens (tertiary/aromatic N) is 1. The van der Waals surface area contributed by atoms with Gasteiger partial charge in [0, 0.05) is 5.56 Å². The van der Waals surface area contributed by atoms with E-state index in [0.29, 0.717) is 29.7 Å². The van der Waals surface area contributed by atoms with Gasteiger partial charge in [-0.15, -0.1) is 4.91 Å². The Kier molecular flexibility index (Phi) is 2.89. The Hall–Kier alpha value is -1.84. The molecule has 96 valence electrons. The van der Waals surface area contributed by atoms with Crippen LogP contribution >= 0.6 is 0 Å². The molecule has 0 radical (unpaired) electrons. The number of hydrogen-bond donors (Lipinski definition) is 1. The first-order valence-corrected chi connectivity index (χ1v) is 5.94. The molecule has 0 spiro atoms. The molecule has 1 heterocycles.